The van der Waals surface area contributed by atoms with Crippen molar-refractivity contribution in [2.24, 2.45) is 0 Å². The summed E-state index contributed by atoms with van der Waals surface area (Å²) in [6.07, 6.45) is 4.52. The zero-order chi connectivity index (χ0) is 15.1. The van der Waals surface area contributed by atoms with Crippen molar-refractivity contribution in [3.8, 4) is 11.1 Å². The average Bonchev–Trinajstić information content (AvgIpc) is 2.54. The second-order valence-corrected chi connectivity index (χ2v) is 6.35. The number of benzene rings is 3. The largest absolute Gasteiger partial charge is 0.0808 e. The van der Waals surface area contributed by atoms with E-state index in [2.05, 4.69) is 74.5 Å². The molecule has 1 aliphatic carbocycles. The van der Waals surface area contributed by atoms with Gasteiger partial charge in [0.25, 0.3) is 0 Å². The molecule has 0 aromatic heterocycles. The third kappa shape index (κ3) is 2.07. The highest BCUT2D eigenvalue weighted by Gasteiger charge is 2.15. The Balaban J connectivity index is 1.99. The van der Waals surface area contributed by atoms with Gasteiger partial charge in [0.05, 0.1) is 0 Å². The fraction of sp³-hybridized carbons (Fsp3) is 0.182. The van der Waals surface area contributed by atoms with Crippen LogP contribution in [0.3, 0.4) is 0 Å². The van der Waals surface area contributed by atoms with E-state index >= 15 is 0 Å². The van der Waals surface area contributed by atoms with Crippen LogP contribution in [0.1, 0.15) is 23.6 Å². The van der Waals surface area contributed by atoms with E-state index in [1.807, 2.05) is 0 Å². The van der Waals surface area contributed by atoms with Crippen LogP contribution < -0.4 is 0 Å². The summed E-state index contributed by atoms with van der Waals surface area (Å²) in [6, 6.07) is 20.1. The van der Waals surface area contributed by atoms with Gasteiger partial charge in [0.2, 0.25) is 0 Å². The molecule has 1 aliphatic rings. The van der Waals surface area contributed by atoms with Crippen molar-refractivity contribution in [3.63, 3.8) is 0 Å². The first-order valence-corrected chi connectivity index (χ1v) is 7.99. The van der Waals surface area contributed by atoms with Gasteiger partial charge in [-0.1, -0.05) is 66.2 Å². The fourth-order valence-corrected chi connectivity index (χ4v) is 3.64. The Kier molecular flexibility index (Phi) is 3.11. The summed E-state index contributed by atoms with van der Waals surface area (Å²) in [4.78, 5) is 0. The highest BCUT2D eigenvalue weighted by atomic mass is 14.2. The SMILES string of the molecule is CC1=CCc2c(cccc2-c2cccc3c(C)cccc23)C1. The minimum absolute atomic E-state index is 1.06. The van der Waals surface area contributed by atoms with Gasteiger partial charge in [0, 0.05) is 0 Å². The molecule has 3 aromatic rings. The number of hydrogen-bond acceptors (Lipinski definition) is 0. The Bertz CT molecular complexity index is 897. The number of rotatable bonds is 1. The zero-order valence-corrected chi connectivity index (χ0v) is 13.2. The van der Waals surface area contributed by atoms with Crippen LogP contribution in [0.15, 0.2) is 66.2 Å². The molecule has 4 rings (SSSR count). The quantitative estimate of drug-likeness (QED) is 0.491. The lowest BCUT2D eigenvalue weighted by atomic mass is 9.85. The highest BCUT2D eigenvalue weighted by molar-refractivity contribution is 5.99. The predicted molar refractivity (Wildman–Crippen MR) is 95.3 cm³/mol. The monoisotopic (exact) mass is 284 g/mol. The Morgan fingerprint density at radius 3 is 2.36 bits per heavy atom. The fourth-order valence-electron chi connectivity index (χ4n) is 3.64. The van der Waals surface area contributed by atoms with Crippen LogP contribution in [0.25, 0.3) is 21.9 Å². The standard InChI is InChI=1S/C22H20/c1-15-12-13-19-17(14-15)7-4-10-21(19)22-11-5-8-18-16(2)6-3-9-20(18)22/h3-12H,13-14H2,1-2H3. The topological polar surface area (TPSA) is 0 Å². The molecule has 0 N–H and O–H groups in total. The summed E-state index contributed by atoms with van der Waals surface area (Å²) in [5, 5.41) is 2.72. The van der Waals surface area contributed by atoms with Gasteiger partial charge in [-0.25, -0.2) is 0 Å². The van der Waals surface area contributed by atoms with Crippen molar-refractivity contribution in [2.45, 2.75) is 26.7 Å². The molecule has 0 saturated carbocycles. The van der Waals surface area contributed by atoms with Crippen LogP contribution in [0.4, 0.5) is 0 Å². The summed E-state index contributed by atoms with van der Waals surface area (Å²) in [5.74, 6) is 0. The number of fused-ring (bicyclic) bond motifs is 2. The van der Waals surface area contributed by atoms with E-state index in [1.54, 1.807) is 0 Å². The Morgan fingerprint density at radius 1 is 0.727 bits per heavy atom. The molecule has 0 fully saturated rings. The first kappa shape index (κ1) is 13.3. The summed E-state index contributed by atoms with van der Waals surface area (Å²) in [6.45, 7) is 4.43. The molecule has 0 aliphatic heterocycles. The normalized spacial score (nSPS) is 13.8. The molecular formula is C22H20. The molecule has 0 saturated heterocycles. The molecule has 0 nitrogen and oxygen atoms in total. The molecule has 0 bridgehead atoms. The Hall–Kier alpha value is -2.34. The maximum Gasteiger partial charge on any atom is -0.00667 e. The van der Waals surface area contributed by atoms with Crippen LogP contribution in [0.5, 0.6) is 0 Å². The molecule has 0 heteroatoms. The summed E-state index contributed by atoms with van der Waals surface area (Å²) in [5.41, 5.74) is 8.59. The van der Waals surface area contributed by atoms with Crippen molar-refractivity contribution < 1.29 is 0 Å². The molecule has 0 atom stereocenters. The van der Waals surface area contributed by atoms with E-state index in [9.17, 15) is 0 Å². The molecule has 108 valence electrons. The average molecular weight is 284 g/mol. The van der Waals surface area contributed by atoms with Gasteiger partial charge in [-0.15, -0.1) is 0 Å². The van der Waals surface area contributed by atoms with E-state index in [1.165, 1.54) is 44.2 Å². The number of aryl methyl sites for hydroxylation is 1. The van der Waals surface area contributed by atoms with E-state index in [0.29, 0.717) is 0 Å². The summed E-state index contributed by atoms with van der Waals surface area (Å²) in [7, 11) is 0. The molecule has 0 amide bonds. The highest BCUT2D eigenvalue weighted by Crippen LogP contribution is 2.35. The minimum atomic E-state index is 1.06. The molecule has 3 aromatic carbocycles. The smallest absolute Gasteiger partial charge is 0.00667 e. The zero-order valence-electron chi connectivity index (χ0n) is 13.2. The first-order valence-electron chi connectivity index (χ1n) is 7.99. The van der Waals surface area contributed by atoms with Crippen molar-refractivity contribution in [1.82, 2.24) is 0 Å². The minimum Gasteiger partial charge on any atom is -0.0808 e. The molecule has 0 spiro atoms. The van der Waals surface area contributed by atoms with E-state index in [4.69, 9.17) is 0 Å². The Labute approximate surface area is 132 Å². The molecule has 22 heavy (non-hydrogen) atoms. The van der Waals surface area contributed by atoms with Gasteiger partial charge in [-0.2, -0.15) is 0 Å². The van der Waals surface area contributed by atoms with E-state index < -0.39 is 0 Å². The van der Waals surface area contributed by atoms with E-state index in [0.717, 1.165) is 12.8 Å². The second kappa shape index (κ2) is 5.14. The molecule has 0 radical (unpaired) electrons. The van der Waals surface area contributed by atoms with Crippen LogP contribution >= 0.6 is 0 Å². The molecule has 0 unspecified atom stereocenters. The molecule has 0 heterocycles. The van der Waals surface area contributed by atoms with Gasteiger partial charge in [0.1, 0.15) is 0 Å². The van der Waals surface area contributed by atoms with Gasteiger partial charge in [-0.3, -0.25) is 0 Å². The maximum absolute atomic E-state index is 2.38. The lowest BCUT2D eigenvalue weighted by molar-refractivity contribution is 1.02. The Morgan fingerprint density at radius 2 is 1.45 bits per heavy atom. The number of hydrogen-bond donors (Lipinski definition) is 0. The van der Waals surface area contributed by atoms with Gasteiger partial charge in [0.15, 0.2) is 0 Å². The van der Waals surface area contributed by atoms with Gasteiger partial charge < -0.3 is 0 Å². The van der Waals surface area contributed by atoms with E-state index in [-0.39, 0.29) is 0 Å². The van der Waals surface area contributed by atoms with Crippen molar-refractivity contribution >= 4 is 10.8 Å². The first-order chi connectivity index (χ1) is 10.7. The van der Waals surface area contributed by atoms with Crippen LogP contribution in [0.2, 0.25) is 0 Å². The maximum atomic E-state index is 2.38. The van der Waals surface area contributed by atoms with Crippen molar-refractivity contribution in [2.75, 3.05) is 0 Å². The summed E-state index contributed by atoms with van der Waals surface area (Å²) < 4.78 is 0. The lowest BCUT2D eigenvalue weighted by Gasteiger charge is -2.20. The molecular weight excluding hydrogens is 264 g/mol. The van der Waals surface area contributed by atoms with Crippen LogP contribution in [-0.2, 0) is 12.8 Å². The predicted octanol–water partition coefficient (Wildman–Crippen LogP) is 5.86. The number of allylic oxidation sites excluding steroid dienone is 2. The third-order valence-electron chi connectivity index (χ3n) is 4.83. The second-order valence-electron chi connectivity index (χ2n) is 6.35. The van der Waals surface area contributed by atoms with Crippen LogP contribution in [-0.4, -0.2) is 0 Å². The lowest BCUT2D eigenvalue weighted by Crippen LogP contribution is -2.03. The van der Waals surface area contributed by atoms with Crippen molar-refractivity contribution in [1.29, 1.82) is 0 Å². The van der Waals surface area contributed by atoms with Crippen molar-refractivity contribution in [3.05, 3.63) is 82.9 Å². The van der Waals surface area contributed by atoms with Gasteiger partial charge in [-0.05, 0) is 65.3 Å². The third-order valence-corrected chi connectivity index (χ3v) is 4.83. The summed E-state index contributed by atoms with van der Waals surface area (Å²) >= 11 is 0. The van der Waals surface area contributed by atoms with Gasteiger partial charge >= 0.3 is 0 Å². The van der Waals surface area contributed by atoms with Crippen LogP contribution in [0, 0.1) is 6.92 Å².